The zero-order valence-corrected chi connectivity index (χ0v) is 8.97. The molecule has 0 saturated heterocycles. The molecule has 0 unspecified atom stereocenters. The molecule has 0 spiro atoms. The van der Waals surface area contributed by atoms with Crippen molar-refractivity contribution in [3.8, 4) is 0 Å². The minimum Gasteiger partial charge on any atom is -0.467 e. The number of carbonyl (C=O) groups excluding carboxylic acids is 1. The first-order chi connectivity index (χ1) is 7.26. The van der Waals surface area contributed by atoms with Crippen LogP contribution in [-0.4, -0.2) is 24.5 Å². The van der Waals surface area contributed by atoms with Crippen LogP contribution in [0.2, 0.25) is 0 Å². The molecule has 0 aromatic carbocycles. The van der Waals surface area contributed by atoms with Gasteiger partial charge in [0.05, 0.1) is 19.9 Å². The first kappa shape index (κ1) is 11.4. The summed E-state index contributed by atoms with van der Waals surface area (Å²) in [6, 6.07) is 3.74. The summed E-state index contributed by atoms with van der Waals surface area (Å²) in [5.41, 5.74) is 0. The Labute approximate surface area is 89.1 Å². The van der Waals surface area contributed by atoms with E-state index in [0.29, 0.717) is 6.54 Å². The lowest BCUT2D eigenvalue weighted by molar-refractivity contribution is -0.134. The lowest BCUT2D eigenvalue weighted by Crippen LogP contribution is -2.16. The minimum absolute atomic E-state index is 0.354. The van der Waals surface area contributed by atoms with Crippen LogP contribution in [-0.2, 0) is 16.1 Å². The van der Waals surface area contributed by atoms with Crippen molar-refractivity contribution in [2.75, 3.05) is 13.7 Å². The third-order valence-corrected chi connectivity index (χ3v) is 1.97. The third-order valence-electron chi connectivity index (χ3n) is 1.97. The number of furan rings is 1. The molecule has 15 heavy (non-hydrogen) atoms. The van der Waals surface area contributed by atoms with E-state index in [0.717, 1.165) is 12.3 Å². The molecule has 0 aliphatic heterocycles. The normalized spacial score (nSPS) is 10.5. The van der Waals surface area contributed by atoms with Gasteiger partial charge in [-0.3, -0.25) is 0 Å². The standard InChI is InChI=1S/C11H15NO3/c1-3-12(7-6-11(13)14-2)9-10-5-4-8-15-10/h4-8H,3,9H2,1-2H3. The van der Waals surface area contributed by atoms with Gasteiger partial charge in [-0.15, -0.1) is 0 Å². The summed E-state index contributed by atoms with van der Waals surface area (Å²) in [7, 11) is 1.36. The van der Waals surface area contributed by atoms with E-state index in [2.05, 4.69) is 4.74 Å². The molecule has 0 amide bonds. The summed E-state index contributed by atoms with van der Waals surface area (Å²) in [5.74, 6) is 0.513. The minimum atomic E-state index is -0.354. The Morgan fingerprint density at radius 2 is 2.47 bits per heavy atom. The Hall–Kier alpha value is -1.71. The van der Waals surface area contributed by atoms with E-state index in [1.54, 1.807) is 12.5 Å². The van der Waals surface area contributed by atoms with E-state index in [-0.39, 0.29) is 5.97 Å². The number of carbonyl (C=O) groups is 1. The van der Waals surface area contributed by atoms with E-state index < -0.39 is 0 Å². The summed E-state index contributed by atoms with van der Waals surface area (Å²) in [6.45, 7) is 3.45. The first-order valence-corrected chi connectivity index (χ1v) is 4.78. The van der Waals surface area contributed by atoms with Gasteiger partial charge in [0.2, 0.25) is 0 Å². The summed E-state index contributed by atoms with van der Waals surface area (Å²) in [6.07, 6.45) is 4.73. The van der Waals surface area contributed by atoms with Gasteiger partial charge in [-0.25, -0.2) is 4.79 Å². The van der Waals surface area contributed by atoms with Crippen molar-refractivity contribution >= 4 is 5.97 Å². The van der Waals surface area contributed by atoms with Crippen LogP contribution in [0.25, 0.3) is 0 Å². The van der Waals surface area contributed by atoms with Crippen molar-refractivity contribution in [2.24, 2.45) is 0 Å². The van der Waals surface area contributed by atoms with Gasteiger partial charge >= 0.3 is 5.97 Å². The Kier molecular flexibility index (Phi) is 4.47. The molecule has 0 saturated carbocycles. The largest absolute Gasteiger partial charge is 0.467 e. The van der Waals surface area contributed by atoms with Gasteiger partial charge in [0, 0.05) is 18.8 Å². The highest BCUT2D eigenvalue weighted by Gasteiger charge is 2.01. The van der Waals surface area contributed by atoms with Crippen LogP contribution in [0.5, 0.6) is 0 Å². The van der Waals surface area contributed by atoms with Crippen molar-refractivity contribution in [1.29, 1.82) is 0 Å². The van der Waals surface area contributed by atoms with Crippen molar-refractivity contribution < 1.29 is 13.9 Å². The van der Waals surface area contributed by atoms with Crippen LogP contribution >= 0.6 is 0 Å². The lowest BCUT2D eigenvalue weighted by atomic mass is 10.4. The third kappa shape index (κ3) is 3.89. The first-order valence-electron chi connectivity index (χ1n) is 4.78. The highest BCUT2D eigenvalue weighted by atomic mass is 16.5. The molecule has 0 aliphatic rings. The fourth-order valence-electron chi connectivity index (χ4n) is 1.11. The van der Waals surface area contributed by atoms with Gasteiger partial charge < -0.3 is 14.1 Å². The van der Waals surface area contributed by atoms with Crippen LogP contribution in [0.3, 0.4) is 0 Å². The van der Waals surface area contributed by atoms with E-state index in [9.17, 15) is 4.79 Å². The second-order valence-electron chi connectivity index (χ2n) is 2.98. The van der Waals surface area contributed by atoms with Crippen LogP contribution in [0.15, 0.2) is 35.1 Å². The Morgan fingerprint density at radius 3 is 3.00 bits per heavy atom. The maximum Gasteiger partial charge on any atom is 0.331 e. The number of rotatable bonds is 5. The smallest absolute Gasteiger partial charge is 0.331 e. The van der Waals surface area contributed by atoms with Crippen LogP contribution in [0.4, 0.5) is 0 Å². The van der Waals surface area contributed by atoms with E-state index >= 15 is 0 Å². The zero-order valence-electron chi connectivity index (χ0n) is 8.97. The molecule has 0 fully saturated rings. The molecule has 1 aromatic rings. The summed E-state index contributed by atoms with van der Waals surface area (Å²) in [4.78, 5) is 12.8. The molecule has 0 N–H and O–H groups in total. The van der Waals surface area contributed by atoms with Crippen molar-refractivity contribution in [3.05, 3.63) is 36.4 Å². The fraction of sp³-hybridized carbons (Fsp3) is 0.364. The number of nitrogens with zero attached hydrogens (tertiary/aromatic N) is 1. The summed E-state index contributed by atoms with van der Waals surface area (Å²) >= 11 is 0. The lowest BCUT2D eigenvalue weighted by Gasteiger charge is -2.15. The Balaban J connectivity index is 2.49. The van der Waals surface area contributed by atoms with E-state index in [4.69, 9.17) is 4.42 Å². The molecule has 82 valence electrons. The predicted molar refractivity (Wildman–Crippen MR) is 55.9 cm³/mol. The highest BCUT2D eigenvalue weighted by Crippen LogP contribution is 2.05. The Bertz CT molecular complexity index is 317. The fourth-order valence-corrected chi connectivity index (χ4v) is 1.11. The highest BCUT2D eigenvalue weighted by molar-refractivity contribution is 5.81. The predicted octanol–water partition coefficient (Wildman–Crippen LogP) is 1.79. The second-order valence-corrected chi connectivity index (χ2v) is 2.98. The summed E-state index contributed by atoms with van der Waals surface area (Å²) < 4.78 is 9.71. The maximum absolute atomic E-state index is 10.9. The molecule has 4 heteroatoms. The van der Waals surface area contributed by atoms with Crippen molar-refractivity contribution in [1.82, 2.24) is 4.90 Å². The Morgan fingerprint density at radius 1 is 1.67 bits per heavy atom. The molecule has 0 bridgehead atoms. The number of esters is 1. The number of methoxy groups -OCH3 is 1. The van der Waals surface area contributed by atoms with Crippen LogP contribution in [0, 0.1) is 0 Å². The molecular formula is C11H15NO3. The number of ether oxygens (including phenoxy) is 1. The van der Waals surface area contributed by atoms with Gasteiger partial charge in [0.1, 0.15) is 5.76 Å². The summed E-state index contributed by atoms with van der Waals surface area (Å²) in [5, 5.41) is 0. The van der Waals surface area contributed by atoms with Gasteiger partial charge in [0.15, 0.2) is 0 Å². The number of hydrogen-bond donors (Lipinski definition) is 0. The molecule has 0 atom stereocenters. The molecule has 0 radical (unpaired) electrons. The molecule has 1 rings (SSSR count). The van der Waals surface area contributed by atoms with E-state index in [1.165, 1.54) is 13.2 Å². The monoisotopic (exact) mass is 209 g/mol. The quantitative estimate of drug-likeness (QED) is 0.547. The van der Waals surface area contributed by atoms with Gasteiger partial charge in [-0.2, -0.15) is 0 Å². The van der Waals surface area contributed by atoms with Gasteiger partial charge in [0.25, 0.3) is 0 Å². The van der Waals surface area contributed by atoms with Crippen LogP contribution < -0.4 is 0 Å². The molecular weight excluding hydrogens is 194 g/mol. The molecule has 1 aromatic heterocycles. The van der Waals surface area contributed by atoms with Gasteiger partial charge in [-0.05, 0) is 19.1 Å². The zero-order chi connectivity index (χ0) is 11.1. The molecule has 4 nitrogen and oxygen atoms in total. The SMILES string of the molecule is CCN(C=CC(=O)OC)Cc1ccco1. The second kappa shape index (κ2) is 5.90. The number of hydrogen-bond acceptors (Lipinski definition) is 4. The molecule has 0 aliphatic carbocycles. The van der Waals surface area contributed by atoms with Crippen molar-refractivity contribution in [3.63, 3.8) is 0 Å². The average Bonchev–Trinajstić information content (AvgIpc) is 2.76. The topological polar surface area (TPSA) is 42.7 Å². The average molecular weight is 209 g/mol. The van der Waals surface area contributed by atoms with E-state index in [1.807, 2.05) is 24.0 Å². The van der Waals surface area contributed by atoms with Crippen molar-refractivity contribution in [2.45, 2.75) is 13.5 Å². The van der Waals surface area contributed by atoms with Crippen LogP contribution in [0.1, 0.15) is 12.7 Å². The maximum atomic E-state index is 10.9. The molecule has 1 heterocycles. The van der Waals surface area contributed by atoms with Gasteiger partial charge in [-0.1, -0.05) is 0 Å².